The van der Waals surface area contributed by atoms with Crippen molar-refractivity contribution in [2.75, 3.05) is 11.9 Å². The van der Waals surface area contributed by atoms with Crippen LogP contribution in [0, 0.1) is 3.57 Å². The van der Waals surface area contributed by atoms with Crippen molar-refractivity contribution in [2.45, 2.75) is 0 Å². The topological polar surface area (TPSA) is 85.6 Å². The molecule has 1 heterocycles. The minimum Gasteiger partial charge on any atom is -0.450 e. The summed E-state index contributed by atoms with van der Waals surface area (Å²) in [6.45, 7) is -0.485. The molecule has 0 aliphatic heterocycles. The average Bonchev–Trinajstić information content (AvgIpc) is 2.59. The van der Waals surface area contributed by atoms with Gasteiger partial charge in [-0.15, -0.1) is 0 Å². The molecule has 0 spiro atoms. The molecule has 0 aliphatic rings. The molecule has 0 saturated heterocycles. The van der Waals surface area contributed by atoms with Crippen LogP contribution in [0.4, 0.5) is 5.69 Å². The third kappa shape index (κ3) is 4.24. The van der Waals surface area contributed by atoms with Crippen molar-refractivity contribution in [1.82, 2.24) is 0 Å². The van der Waals surface area contributed by atoms with Gasteiger partial charge < -0.3 is 14.5 Å². The van der Waals surface area contributed by atoms with Gasteiger partial charge in [0, 0.05) is 15.3 Å². The summed E-state index contributed by atoms with van der Waals surface area (Å²) in [6, 6.07) is 14.8. The second kappa shape index (κ2) is 7.47. The molecule has 0 bridgehead atoms. The van der Waals surface area contributed by atoms with Gasteiger partial charge in [-0.3, -0.25) is 9.59 Å². The number of anilines is 1. The molecule has 25 heavy (non-hydrogen) atoms. The van der Waals surface area contributed by atoms with Crippen molar-refractivity contribution in [3.63, 3.8) is 0 Å². The zero-order chi connectivity index (χ0) is 17.8. The van der Waals surface area contributed by atoms with Crippen molar-refractivity contribution in [1.29, 1.82) is 0 Å². The number of nitrogens with one attached hydrogen (secondary N) is 1. The molecule has 3 rings (SSSR count). The quantitative estimate of drug-likeness (QED) is 0.489. The number of ether oxygens (including phenoxy) is 1. The highest BCUT2D eigenvalue weighted by Gasteiger charge is 2.15. The van der Waals surface area contributed by atoms with Gasteiger partial charge in [0.15, 0.2) is 12.0 Å². The third-order valence-electron chi connectivity index (χ3n) is 3.28. The molecule has 0 unspecified atom stereocenters. The van der Waals surface area contributed by atoms with Crippen molar-refractivity contribution in [3.05, 3.63) is 74.2 Å². The summed E-state index contributed by atoms with van der Waals surface area (Å²) in [5, 5.41) is 2.99. The summed E-state index contributed by atoms with van der Waals surface area (Å²) in [5.41, 5.74) is 0.535. The molecule has 1 amide bonds. The van der Waals surface area contributed by atoms with E-state index in [1.54, 1.807) is 42.5 Å². The van der Waals surface area contributed by atoms with E-state index in [4.69, 9.17) is 9.15 Å². The number of esters is 1. The largest absolute Gasteiger partial charge is 0.450 e. The Labute approximate surface area is 155 Å². The predicted molar refractivity (Wildman–Crippen MR) is 101 cm³/mol. The minimum atomic E-state index is -0.874. The van der Waals surface area contributed by atoms with Gasteiger partial charge in [-0.25, -0.2) is 4.79 Å². The van der Waals surface area contributed by atoms with Crippen LogP contribution in [0.1, 0.15) is 10.6 Å². The number of benzene rings is 2. The Balaban J connectivity index is 1.66. The lowest BCUT2D eigenvalue weighted by molar-refractivity contribution is -0.119. The number of para-hydroxylation sites is 1. The van der Waals surface area contributed by atoms with Gasteiger partial charge in [0.2, 0.25) is 5.76 Å². The van der Waals surface area contributed by atoms with Crippen LogP contribution in [0.3, 0.4) is 0 Å². The number of fused-ring (bicyclic) bond motifs is 1. The summed E-state index contributed by atoms with van der Waals surface area (Å²) in [5.74, 6) is -1.61. The average molecular weight is 449 g/mol. The first-order valence-corrected chi connectivity index (χ1v) is 8.36. The van der Waals surface area contributed by atoms with E-state index in [1.165, 1.54) is 0 Å². The number of halogens is 1. The van der Waals surface area contributed by atoms with Crippen LogP contribution >= 0.6 is 22.6 Å². The molecule has 1 N–H and O–H groups in total. The van der Waals surface area contributed by atoms with Crippen LogP contribution in [-0.2, 0) is 9.53 Å². The van der Waals surface area contributed by atoms with Gasteiger partial charge in [-0.2, -0.15) is 0 Å². The van der Waals surface area contributed by atoms with E-state index in [1.807, 2.05) is 6.07 Å². The van der Waals surface area contributed by atoms with E-state index >= 15 is 0 Å². The molecule has 0 fully saturated rings. The Morgan fingerprint density at radius 3 is 2.68 bits per heavy atom. The van der Waals surface area contributed by atoms with E-state index in [2.05, 4.69) is 27.9 Å². The second-order valence-electron chi connectivity index (χ2n) is 5.11. The fourth-order valence-electron chi connectivity index (χ4n) is 2.17. The number of amides is 1. The minimum absolute atomic E-state index is 0.245. The van der Waals surface area contributed by atoms with Gasteiger partial charge >= 0.3 is 5.97 Å². The van der Waals surface area contributed by atoms with Crippen LogP contribution in [0.25, 0.3) is 11.0 Å². The summed E-state index contributed by atoms with van der Waals surface area (Å²) in [7, 11) is 0. The molecule has 0 radical (unpaired) electrons. The summed E-state index contributed by atoms with van der Waals surface area (Å²) >= 11 is 2.12. The number of rotatable bonds is 4. The fraction of sp³-hybridized carbons (Fsp3) is 0.0556. The number of hydrogen-bond donors (Lipinski definition) is 1. The summed E-state index contributed by atoms with van der Waals surface area (Å²) in [6.07, 6.45) is 0. The normalized spacial score (nSPS) is 10.4. The molecule has 7 heteroatoms. The molecule has 0 atom stereocenters. The fourth-order valence-corrected chi connectivity index (χ4v) is 2.71. The highest BCUT2D eigenvalue weighted by atomic mass is 127. The number of carbonyl (C=O) groups is 2. The Morgan fingerprint density at radius 1 is 1.08 bits per heavy atom. The van der Waals surface area contributed by atoms with E-state index in [0.717, 1.165) is 9.64 Å². The standard InChI is InChI=1S/C18H12INO5/c19-11-4-3-5-12(8-11)20-17(22)10-24-18(23)16-9-14(21)13-6-1-2-7-15(13)25-16/h1-9H,10H2,(H,20,22). The van der Waals surface area contributed by atoms with E-state index in [-0.39, 0.29) is 16.8 Å². The van der Waals surface area contributed by atoms with Gasteiger partial charge in [-0.05, 0) is 52.9 Å². The van der Waals surface area contributed by atoms with Crippen LogP contribution in [0.15, 0.2) is 63.8 Å². The van der Waals surface area contributed by atoms with Gasteiger partial charge in [0.1, 0.15) is 5.58 Å². The molecule has 6 nitrogen and oxygen atoms in total. The Kier molecular flexibility index (Phi) is 5.13. The van der Waals surface area contributed by atoms with Crippen LogP contribution in [-0.4, -0.2) is 18.5 Å². The molecule has 0 aliphatic carbocycles. The van der Waals surface area contributed by atoms with Crippen molar-refractivity contribution >= 4 is 51.1 Å². The maximum atomic E-state index is 12.0. The zero-order valence-corrected chi connectivity index (χ0v) is 15.0. The molecular weight excluding hydrogens is 437 g/mol. The lowest BCUT2D eigenvalue weighted by Gasteiger charge is -2.07. The first-order valence-electron chi connectivity index (χ1n) is 7.28. The SMILES string of the molecule is O=C(COC(=O)c1cc(=O)c2ccccc2o1)Nc1cccc(I)c1. The van der Waals surface area contributed by atoms with Crippen LogP contribution in [0.5, 0.6) is 0 Å². The van der Waals surface area contributed by atoms with Crippen LogP contribution in [0.2, 0.25) is 0 Å². The second-order valence-corrected chi connectivity index (χ2v) is 6.35. The maximum absolute atomic E-state index is 12.0. The molecule has 126 valence electrons. The highest BCUT2D eigenvalue weighted by Crippen LogP contribution is 2.13. The monoisotopic (exact) mass is 449 g/mol. The zero-order valence-electron chi connectivity index (χ0n) is 12.8. The number of carbonyl (C=O) groups excluding carboxylic acids is 2. The third-order valence-corrected chi connectivity index (χ3v) is 3.95. The van der Waals surface area contributed by atoms with Crippen molar-refractivity contribution < 1.29 is 18.7 Å². The Morgan fingerprint density at radius 2 is 1.88 bits per heavy atom. The Bertz CT molecular complexity index is 1010. The molecule has 1 aromatic heterocycles. The molecule has 2 aromatic carbocycles. The van der Waals surface area contributed by atoms with Crippen LogP contribution < -0.4 is 10.7 Å². The lowest BCUT2D eigenvalue weighted by atomic mass is 10.2. The van der Waals surface area contributed by atoms with Gasteiger partial charge in [-0.1, -0.05) is 18.2 Å². The Hall–Kier alpha value is -2.68. The summed E-state index contributed by atoms with van der Waals surface area (Å²) in [4.78, 5) is 35.8. The van der Waals surface area contributed by atoms with Gasteiger partial charge in [0.05, 0.1) is 5.39 Å². The highest BCUT2D eigenvalue weighted by molar-refractivity contribution is 14.1. The molecular formula is C18H12INO5. The van der Waals surface area contributed by atoms with E-state index < -0.39 is 18.5 Å². The van der Waals surface area contributed by atoms with Crippen molar-refractivity contribution in [2.24, 2.45) is 0 Å². The summed E-state index contributed by atoms with van der Waals surface area (Å²) < 4.78 is 11.2. The first kappa shape index (κ1) is 17.2. The number of hydrogen-bond acceptors (Lipinski definition) is 5. The smallest absolute Gasteiger partial charge is 0.374 e. The first-order chi connectivity index (χ1) is 12.0. The van der Waals surface area contributed by atoms with Crippen molar-refractivity contribution in [3.8, 4) is 0 Å². The molecule has 0 saturated carbocycles. The van der Waals surface area contributed by atoms with E-state index in [9.17, 15) is 14.4 Å². The molecule has 3 aromatic rings. The maximum Gasteiger partial charge on any atom is 0.374 e. The predicted octanol–water partition coefficient (Wildman–Crippen LogP) is 3.19. The lowest BCUT2D eigenvalue weighted by Crippen LogP contribution is -2.21. The van der Waals surface area contributed by atoms with E-state index in [0.29, 0.717) is 11.1 Å². The van der Waals surface area contributed by atoms with Gasteiger partial charge in [0.25, 0.3) is 5.91 Å².